The van der Waals surface area contributed by atoms with Crippen LogP contribution in [0, 0.1) is 13.8 Å². The van der Waals surface area contributed by atoms with Crippen molar-refractivity contribution >= 4 is 5.91 Å². The van der Waals surface area contributed by atoms with Crippen molar-refractivity contribution in [2.45, 2.75) is 33.2 Å². The third-order valence-electron chi connectivity index (χ3n) is 2.75. The van der Waals surface area contributed by atoms with Gasteiger partial charge in [-0.15, -0.1) is 0 Å². The van der Waals surface area contributed by atoms with E-state index in [9.17, 15) is 4.79 Å². The number of carbonyl (C=O) groups excluding carboxylic acids is 1. The Morgan fingerprint density at radius 1 is 1.05 bits per heavy atom. The summed E-state index contributed by atoms with van der Waals surface area (Å²) in [6, 6.07) is 0. The number of carbonyl (C=O) groups is 1. The smallest absolute Gasteiger partial charge is 0.278 e. The van der Waals surface area contributed by atoms with Crippen molar-refractivity contribution in [3.63, 3.8) is 0 Å². The van der Waals surface area contributed by atoms with Crippen LogP contribution in [0.25, 0.3) is 0 Å². The summed E-state index contributed by atoms with van der Waals surface area (Å²) in [4.78, 5) is 11.4. The molecule has 2 heterocycles. The molecule has 2 aromatic heterocycles. The second-order valence-corrected chi connectivity index (χ2v) is 5.13. The highest BCUT2D eigenvalue weighted by molar-refractivity contribution is 5.73. The Kier molecular flexibility index (Phi) is 4.59. The minimum atomic E-state index is -0.817. The Labute approximate surface area is 126 Å². The summed E-state index contributed by atoms with van der Waals surface area (Å²) in [7, 11) is 0. The van der Waals surface area contributed by atoms with E-state index in [-0.39, 0.29) is 30.9 Å². The second kappa shape index (κ2) is 6.41. The minimum absolute atomic E-state index is 0.103. The molecule has 2 aromatic rings. The predicted molar refractivity (Wildman–Crippen MR) is 71.3 cm³/mol. The zero-order valence-electron chi connectivity index (χ0n) is 12.7. The summed E-state index contributed by atoms with van der Waals surface area (Å²) >= 11 is 0. The quantitative estimate of drug-likeness (QED) is 0.774. The number of aromatic nitrogens is 4. The van der Waals surface area contributed by atoms with Crippen LogP contribution in [0.3, 0.4) is 0 Å². The molecule has 0 bridgehead atoms. The fourth-order valence-electron chi connectivity index (χ4n) is 1.70. The standard InChI is InChI=1S/C12H17N5O5/c1-7-10(16-21-14-7)19-5-12(4,13-9(3)18)6-20-11-8(2)15-22-17-11/h5-6H2,1-4H3,(H,13,18). The molecule has 1 amide bonds. The SMILES string of the molecule is CC(=O)NC(C)(COc1nonc1C)COc1nonc1C. The van der Waals surface area contributed by atoms with Crippen molar-refractivity contribution < 1.29 is 23.5 Å². The Morgan fingerprint density at radius 3 is 1.82 bits per heavy atom. The van der Waals surface area contributed by atoms with Crippen LogP contribution in [0.15, 0.2) is 9.26 Å². The number of nitrogens with zero attached hydrogens (tertiary/aromatic N) is 4. The highest BCUT2D eigenvalue weighted by Crippen LogP contribution is 2.16. The number of amides is 1. The Balaban J connectivity index is 2.01. The van der Waals surface area contributed by atoms with Crippen LogP contribution in [0.4, 0.5) is 0 Å². The van der Waals surface area contributed by atoms with Crippen LogP contribution in [-0.2, 0) is 4.79 Å². The molecule has 0 spiro atoms. The lowest BCUT2D eigenvalue weighted by molar-refractivity contribution is -0.121. The summed E-state index contributed by atoms with van der Waals surface area (Å²) in [5, 5.41) is 17.3. The van der Waals surface area contributed by atoms with E-state index >= 15 is 0 Å². The van der Waals surface area contributed by atoms with Gasteiger partial charge >= 0.3 is 0 Å². The normalized spacial score (nSPS) is 11.3. The van der Waals surface area contributed by atoms with E-state index in [4.69, 9.17) is 9.47 Å². The zero-order chi connectivity index (χ0) is 16.2. The molecular weight excluding hydrogens is 294 g/mol. The van der Waals surface area contributed by atoms with Gasteiger partial charge < -0.3 is 14.8 Å². The Hall–Kier alpha value is -2.65. The Bertz CT molecular complexity index is 593. The molecule has 0 aliphatic heterocycles. The highest BCUT2D eigenvalue weighted by Gasteiger charge is 2.29. The van der Waals surface area contributed by atoms with Crippen LogP contribution in [0.2, 0.25) is 0 Å². The summed E-state index contributed by atoms with van der Waals surface area (Å²) in [5.74, 6) is 0.298. The van der Waals surface area contributed by atoms with Crippen molar-refractivity contribution in [2.75, 3.05) is 13.2 Å². The average Bonchev–Trinajstić information content (AvgIpc) is 3.02. The number of hydrogen-bond donors (Lipinski definition) is 1. The lowest BCUT2D eigenvalue weighted by Crippen LogP contribution is -2.54. The first-order valence-corrected chi connectivity index (χ1v) is 6.52. The van der Waals surface area contributed by atoms with Gasteiger partial charge in [0.25, 0.3) is 11.8 Å². The van der Waals surface area contributed by atoms with Gasteiger partial charge in [-0.3, -0.25) is 4.79 Å². The van der Waals surface area contributed by atoms with E-state index in [1.54, 1.807) is 20.8 Å². The first kappa shape index (κ1) is 15.7. The number of aryl methyl sites for hydroxylation is 2. The van der Waals surface area contributed by atoms with Crippen LogP contribution >= 0.6 is 0 Å². The molecule has 120 valence electrons. The molecule has 22 heavy (non-hydrogen) atoms. The molecule has 1 N–H and O–H groups in total. The molecule has 0 aromatic carbocycles. The molecule has 0 saturated carbocycles. The molecule has 10 heteroatoms. The van der Waals surface area contributed by atoms with Crippen molar-refractivity contribution in [1.29, 1.82) is 0 Å². The van der Waals surface area contributed by atoms with Gasteiger partial charge in [-0.1, -0.05) is 10.3 Å². The summed E-state index contributed by atoms with van der Waals surface area (Å²) < 4.78 is 20.1. The molecule has 0 aliphatic rings. The van der Waals surface area contributed by atoms with Gasteiger partial charge in [-0.25, -0.2) is 9.26 Å². The summed E-state index contributed by atoms with van der Waals surface area (Å²) in [5.41, 5.74) is 0.216. The second-order valence-electron chi connectivity index (χ2n) is 5.13. The number of hydrogen-bond acceptors (Lipinski definition) is 9. The molecule has 10 nitrogen and oxygen atoms in total. The van der Waals surface area contributed by atoms with Gasteiger partial charge in [0.15, 0.2) is 0 Å². The predicted octanol–water partition coefficient (Wildman–Crippen LogP) is 0.422. The molecule has 0 aliphatic carbocycles. The van der Waals surface area contributed by atoms with Crippen molar-refractivity contribution in [3.05, 3.63) is 11.4 Å². The largest absolute Gasteiger partial charge is 0.472 e. The molecule has 0 radical (unpaired) electrons. The monoisotopic (exact) mass is 311 g/mol. The maximum Gasteiger partial charge on any atom is 0.278 e. The summed E-state index contributed by atoms with van der Waals surface area (Å²) in [6.45, 7) is 6.77. The number of ether oxygens (including phenoxy) is 2. The van der Waals surface area contributed by atoms with E-state index in [1.165, 1.54) is 6.92 Å². The van der Waals surface area contributed by atoms with Gasteiger partial charge in [0.2, 0.25) is 5.91 Å². The maximum atomic E-state index is 11.4. The van der Waals surface area contributed by atoms with Crippen LogP contribution in [0.5, 0.6) is 11.8 Å². The van der Waals surface area contributed by atoms with Crippen LogP contribution in [0.1, 0.15) is 25.2 Å². The summed E-state index contributed by atoms with van der Waals surface area (Å²) in [6.07, 6.45) is 0. The Morgan fingerprint density at radius 2 is 1.50 bits per heavy atom. The lowest BCUT2D eigenvalue weighted by Gasteiger charge is -2.29. The fraction of sp³-hybridized carbons (Fsp3) is 0.583. The molecule has 2 rings (SSSR count). The van der Waals surface area contributed by atoms with E-state index in [0.717, 1.165) is 0 Å². The third-order valence-corrected chi connectivity index (χ3v) is 2.75. The van der Waals surface area contributed by atoms with Gasteiger partial charge in [0, 0.05) is 6.92 Å². The zero-order valence-corrected chi connectivity index (χ0v) is 12.7. The van der Waals surface area contributed by atoms with E-state index in [0.29, 0.717) is 11.4 Å². The molecule has 0 unspecified atom stereocenters. The molecule has 0 fully saturated rings. The van der Waals surface area contributed by atoms with Crippen molar-refractivity contribution in [1.82, 2.24) is 25.9 Å². The molecule has 0 atom stereocenters. The van der Waals surface area contributed by atoms with Crippen molar-refractivity contribution in [2.24, 2.45) is 0 Å². The van der Waals surface area contributed by atoms with E-state index in [1.807, 2.05) is 0 Å². The number of nitrogens with one attached hydrogen (secondary N) is 1. The van der Waals surface area contributed by atoms with E-state index < -0.39 is 5.54 Å². The lowest BCUT2D eigenvalue weighted by atomic mass is 10.1. The van der Waals surface area contributed by atoms with Gasteiger partial charge in [0.05, 0.1) is 0 Å². The van der Waals surface area contributed by atoms with Crippen LogP contribution < -0.4 is 14.8 Å². The topological polar surface area (TPSA) is 125 Å². The highest BCUT2D eigenvalue weighted by atomic mass is 16.6. The van der Waals surface area contributed by atoms with Crippen LogP contribution in [-0.4, -0.2) is 45.3 Å². The van der Waals surface area contributed by atoms with Gasteiger partial charge in [-0.2, -0.15) is 0 Å². The maximum absolute atomic E-state index is 11.4. The van der Waals surface area contributed by atoms with Gasteiger partial charge in [-0.05, 0) is 31.1 Å². The third kappa shape index (κ3) is 3.93. The van der Waals surface area contributed by atoms with Crippen molar-refractivity contribution in [3.8, 4) is 11.8 Å². The average molecular weight is 311 g/mol. The van der Waals surface area contributed by atoms with Gasteiger partial charge in [0.1, 0.15) is 30.1 Å². The number of rotatable bonds is 7. The fourth-order valence-corrected chi connectivity index (χ4v) is 1.70. The molecular formula is C12H17N5O5. The first-order chi connectivity index (χ1) is 10.4. The van der Waals surface area contributed by atoms with E-state index in [2.05, 4.69) is 35.2 Å². The minimum Gasteiger partial charge on any atom is -0.472 e. The molecule has 0 saturated heterocycles. The first-order valence-electron chi connectivity index (χ1n) is 6.52.